The number of para-hydroxylation sites is 2. The molecule has 0 aliphatic carbocycles. The summed E-state index contributed by atoms with van der Waals surface area (Å²) < 4.78 is 47.4. The number of nitrogens with one attached hydrogen (secondary N) is 4. The highest BCUT2D eigenvalue weighted by Gasteiger charge is 2.37. The van der Waals surface area contributed by atoms with E-state index >= 15 is 0 Å². The number of anilines is 8. The summed E-state index contributed by atoms with van der Waals surface area (Å²) in [5.74, 6) is 4.99. The van der Waals surface area contributed by atoms with E-state index in [-0.39, 0.29) is 17.6 Å². The van der Waals surface area contributed by atoms with Crippen LogP contribution in [-0.2, 0) is 22.6 Å². The molecule has 19 rings (SSSR count). The van der Waals surface area contributed by atoms with Gasteiger partial charge in [0.1, 0.15) is 89.0 Å². The SMILES string of the molecule is COc1cc(NC(=O)c2sc3ncnc4c3c2NC(=O)N4c2ccc(Br)cc2)ccc1CN1CCOCC1.COc1cc(NC(=O)c2sc3ncnc4c3c2NC(=O)N4c2cccc(Oc3ccccc3)c2)ccc1CN1CCOCC1.COc1ccc(C(O)=c2sc3ncnc4c3c2nc(=O)n4-c2ccc(Oc3ccccc3)cc2)cc1OC. The van der Waals surface area contributed by atoms with Crippen molar-refractivity contribution in [1.82, 2.24) is 49.3 Å². The fourth-order valence-corrected chi connectivity index (χ4v) is 17.4. The maximum atomic E-state index is 13.6. The first kappa shape index (κ1) is 78.9. The lowest BCUT2D eigenvalue weighted by molar-refractivity contribution is 0.0338. The standard InChI is InChI=1S/C32H28N6O5S.C28H20N4O5S.C26H23BrN6O4S/c1-41-25-16-21(11-10-20(25)18-37-12-14-42-15-13-37)35-30(39)28-27-26-29(33-19-34-31(26)44-28)38(32(40)36-27)22-6-5-9-24(17-22)43-23-7-3-2-4-8-23;1-35-20-13-8-16(14-21(20)36-2)24(33)25-23-22-26(29-15-30-27(22)38-25)32(28(34)31-23)17-9-11-19(12-10-17)37-18-6-4-3-5-7-18;1-36-19-12-17(5-2-15(19)13-32-8-10-37-11-9-32)30-24(34)22-21-20-23(28-14-29-25(20)38-22)33(26(35)31-21)18-6-3-16(27)4-7-18/h2-11,16-17,19H,12-15,18H2,1H3,(H,35,39)(H,36,40);3-15,33H,1-2H3;2-7,12,14H,8-11,13H2,1H3,(H,30,34)(H,31,35). The van der Waals surface area contributed by atoms with Crippen molar-refractivity contribution in [3.63, 3.8) is 0 Å². The molecule has 7 aromatic heterocycles. The lowest BCUT2D eigenvalue weighted by atomic mass is 10.1. The molecule has 0 unspecified atom stereocenters. The summed E-state index contributed by atoms with van der Waals surface area (Å²) in [6.07, 6.45) is 4.20. The molecule has 8 aromatic carbocycles. The van der Waals surface area contributed by atoms with Crippen LogP contribution in [0, 0.1) is 0 Å². The maximum absolute atomic E-state index is 13.6. The zero-order chi connectivity index (χ0) is 82.5. The van der Waals surface area contributed by atoms with Gasteiger partial charge in [-0.1, -0.05) is 70.5 Å². The Morgan fingerprint density at radius 3 is 1.50 bits per heavy atom. The van der Waals surface area contributed by atoms with Crippen molar-refractivity contribution < 1.29 is 62.2 Å². The number of carbonyl (C=O) groups is 4. The Kier molecular flexibility index (Phi) is 23.0. The molecule has 120 heavy (non-hydrogen) atoms. The summed E-state index contributed by atoms with van der Waals surface area (Å²) in [5, 5.41) is 24.7. The van der Waals surface area contributed by atoms with E-state index in [9.17, 15) is 29.1 Å². The molecule has 2 saturated heterocycles. The number of benzene rings is 8. The Morgan fingerprint density at radius 1 is 0.483 bits per heavy atom. The summed E-state index contributed by atoms with van der Waals surface area (Å²) in [6.45, 7) is 7.78. The molecule has 4 aliphatic rings. The number of methoxy groups -OCH3 is 4. The van der Waals surface area contributed by atoms with Gasteiger partial charge in [0.2, 0.25) is 0 Å². The van der Waals surface area contributed by atoms with Crippen LogP contribution in [0.15, 0.2) is 216 Å². The van der Waals surface area contributed by atoms with Gasteiger partial charge in [-0.25, -0.2) is 58.7 Å². The number of carbonyl (C=O) groups excluding carboxylic acids is 4. The zero-order valence-corrected chi connectivity index (χ0v) is 68.5. The van der Waals surface area contributed by atoms with Crippen molar-refractivity contribution in [3.8, 4) is 51.7 Å². The first-order valence-electron chi connectivity index (χ1n) is 37.5. The second-order valence-corrected chi connectivity index (χ2v) is 31.2. The summed E-state index contributed by atoms with van der Waals surface area (Å²) in [5.41, 5.74) is 6.47. The van der Waals surface area contributed by atoms with Crippen molar-refractivity contribution in [2.75, 3.05) is 112 Å². The molecule has 11 heterocycles. The molecule has 34 heteroatoms. The second-order valence-electron chi connectivity index (χ2n) is 27.2. The number of hydrogen-bond donors (Lipinski definition) is 5. The molecule has 5 N–H and O–H groups in total. The van der Waals surface area contributed by atoms with Gasteiger partial charge >= 0.3 is 17.8 Å². The van der Waals surface area contributed by atoms with Crippen molar-refractivity contribution in [2.45, 2.75) is 13.1 Å². The molecule has 604 valence electrons. The van der Waals surface area contributed by atoms with E-state index in [2.05, 4.69) is 81.9 Å². The molecular formula is C86H71BrN16O14S3. The normalized spacial score (nSPS) is 14.1. The molecule has 30 nitrogen and oxygen atoms in total. The first-order chi connectivity index (χ1) is 58.6. The Bertz CT molecular complexity index is 6530. The lowest BCUT2D eigenvalue weighted by Crippen LogP contribution is -2.35. The number of urea groups is 2. The van der Waals surface area contributed by atoms with Crippen LogP contribution in [0.25, 0.3) is 53.3 Å². The number of halogens is 1. The van der Waals surface area contributed by atoms with E-state index in [1.165, 1.54) is 81.6 Å². The number of morpholine rings is 2. The van der Waals surface area contributed by atoms with Gasteiger partial charge in [-0.05, 0) is 115 Å². The van der Waals surface area contributed by atoms with Crippen molar-refractivity contribution in [3.05, 3.63) is 253 Å². The van der Waals surface area contributed by atoms with Crippen LogP contribution in [0.4, 0.5) is 55.3 Å². The molecule has 0 atom stereocenters. The fraction of sp³-hybridized carbons (Fsp3) is 0.163. The number of thiophene rings is 3. The van der Waals surface area contributed by atoms with Crippen molar-refractivity contribution in [1.29, 1.82) is 0 Å². The van der Waals surface area contributed by atoms with Gasteiger partial charge in [-0.2, -0.15) is 4.98 Å². The van der Waals surface area contributed by atoms with Crippen LogP contribution >= 0.6 is 49.9 Å². The largest absolute Gasteiger partial charge is 0.506 e. The number of aliphatic hydroxyl groups excluding tert-OH is 1. The molecule has 6 amide bonds. The Morgan fingerprint density at radius 2 is 0.967 bits per heavy atom. The van der Waals surface area contributed by atoms with Gasteiger partial charge in [0.05, 0.1) is 104 Å². The highest BCUT2D eigenvalue weighted by molar-refractivity contribution is 9.10. The highest BCUT2D eigenvalue weighted by atomic mass is 79.9. The van der Waals surface area contributed by atoms with Gasteiger partial charge in [0.25, 0.3) is 11.8 Å². The van der Waals surface area contributed by atoms with Gasteiger partial charge < -0.3 is 64.3 Å². The average Bonchev–Trinajstić information content (AvgIpc) is 1.60. The molecule has 0 radical (unpaired) electrons. The minimum atomic E-state index is -0.533. The topological polar surface area (TPSA) is 336 Å². The predicted octanol–water partition coefficient (Wildman–Crippen LogP) is 16.1. The van der Waals surface area contributed by atoms with Gasteiger partial charge in [-0.3, -0.25) is 19.4 Å². The highest BCUT2D eigenvalue weighted by Crippen LogP contribution is 2.48. The van der Waals surface area contributed by atoms with E-state index in [4.69, 9.17) is 37.9 Å². The van der Waals surface area contributed by atoms with E-state index in [0.29, 0.717) is 172 Å². The van der Waals surface area contributed by atoms with Crippen LogP contribution in [0.3, 0.4) is 0 Å². The van der Waals surface area contributed by atoms with Gasteiger partial charge in [0.15, 0.2) is 28.8 Å². The van der Waals surface area contributed by atoms with Crippen LogP contribution in [-0.4, -0.2) is 159 Å². The van der Waals surface area contributed by atoms with Crippen LogP contribution < -0.4 is 69.7 Å². The van der Waals surface area contributed by atoms with Crippen molar-refractivity contribution in [2.24, 2.45) is 0 Å². The quantitative estimate of drug-likeness (QED) is 0.0473. The van der Waals surface area contributed by atoms with E-state index < -0.39 is 17.8 Å². The fourth-order valence-electron chi connectivity index (χ4n) is 14.1. The number of aliphatic hydroxyl groups is 1. The molecular weight excluding hydrogens is 1660 g/mol. The third-order valence-corrected chi connectivity index (χ3v) is 23.7. The van der Waals surface area contributed by atoms with Crippen LogP contribution in [0.1, 0.15) is 36.0 Å². The van der Waals surface area contributed by atoms with Crippen molar-refractivity contribution >= 4 is 167 Å². The Balaban J connectivity index is 0.000000129. The number of rotatable bonds is 20. The number of aromatic nitrogens is 8. The maximum Gasteiger partial charge on any atom is 0.354 e. The third kappa shape index (κ3) is 16.3. The number of amides is 6. The van der Waals surface area contributed by atoms with Crippen LogP contribution in [0.2, 0.25) is 0 Å². The van der Waals surface area contributed by atoms with E-state index in [1.54, 1.807) is 68.8 Å². The third-order valence-electron chi connectivity index (χ3n) is 19.9. The summed E-state index contributed by atoms with van der Waals surface area (Å²) in [7, 11) is 6.29. The molecule has 15 aromatic rings. The van der Waals surface area contributed by atoms with Gasteiger partial charge in [0, 0.05) is 90.0 Å². The Labute approximate surface area is 703 Å². The molecule has 0 spiro atoms. The number of ether oxygens (including phenoxy) is 8. The minimum absolute atomic E-state index is 0.0534. The molecule has 0 bridgehead atoms. The Hall–Kier alpha value is -13.6. The minimum Gasteiger partial charge on any atom is -0.506 e. The molecule has 4 aliphatic heterocycles. The van der Waals surface area contributed by atoms with E-state index in [0.717, 1.165) is 68.1 Å². The number of nitrogens with zero attached hydrogens (tertiary/aromatic N) is 12. The first-order valence-corrected chi connectivity index (χ1v) is 40.8. The predicted molar refractivity (Wildman–Crippen MR) is 463 cm³/mol. The van der Waals surface area contributed by atoms with E-state index in [1.807, 2.05) is 133 Å². The zero-order valence-electron chi connectivity index (χ0n) is 64.4. The summed E-state index contributed by atoms with van der Waals surface area (Å²) in [6, 6.07) is 55.9. The summed E-state index contributed by atoms with van der Waals surface area (Å²) >= 11 is 7.05. The average molecular weight is 1730 g/mol. The lowest BCUT2D eigenvalue weighted by Gasteiger charge is -2.27. The monoisotopic (exact) mass is 1730 g/mol. The molecule has 2 fully saturated rings. The molecule has 0 saturated carbocycles. The smallest absolute Gasteiger partial charge is 0.354 e. The number of hydrogen-bond acceptors (Lipinski definition) is 26. The second kappa shape index (κ2) is 34.9. The van der Waals surface area contributed by atoms with Gasteiger partial charge in [-0.15, -0.1) is 34.0 Å². The summed E-state index contributed by atoms with van der Waals surface area (Å²) in [4.78, 5) is 108. The van der Waals surface area contributed by atoms with Crippen LogP contribution in [0.5, 0.6) is 46.0 Å².